The van der Waals surface area contributed by atoms with Gasteiger partial charge in [0.2, 0.25) is 0 Å². The summed E-state index contributed by atoms with van der Waals surface area (Å²) < 4.78 is 0. The zero-order valence-electron chi connectivity index (χ0n) is 21.8. The predicted molar refractivity (Wildman–Crippen MR) is 168 cm³/mol. The number of fused-ring (bicyclic) bond motifs is 6. The van der Waals surface area contributed by atoms with Gasteiger partial charge in [0, 0.05) is 39.0 Å². The first-order valence-corrected chi connectivity index (χ1v) is 13.6. The maximum atomic E-state index is 5.14. The van der Waals surface area contributed by atoms with E-state index in [4.69, 9.17) is 9.97 Å². The Bertz CT molecular complexity index is 2170. The fraction of sp³-hybridized carbons (Fsp3) is 0. The number of hydrogen-bond acceptors (Lipinski definition) is 2. The number of aromatic nitrogens is 2. The van der Waals surface area contributed by atoms with Crippen LogP contribution in [0.4, 0.5) is 0 Å². The quantitative estimate of drug-likeness (QED) is 0.222. The van der Waals surface area contributed by atoms with E-state index in [0.717, 1.165) is 39.2 Å². The van der Waals surface area contributed by atoms with Crippen molar-refractivity contribution in [1.29, 1.82) is 0 Å². The molecule has 6 aromatic carbocycles. The summed E-state index contributed by atoms with van der Waals surface area (Å²) >= 11 is 0. The molecule has 0 aliphatic carbocycles. The fourth-order valence-electron chi connectivity index (χ4n) is 5.94. The summed E-state index contributed by atoms with van der Waals surface area (Å²) in [5.74, 6) is 0. The monoisotopic (exact) mass is 508 g/mol. The highest BCUT2D eigenvalue weighted by Crippen LogP contribution is 2.37. The minimum Gasteiger partial charge on any atom is -0.256 e. The molecule has 2 aromatic heterocycles. The zero-order valence-corrected chi connectivity index (χ0v) is 21.8. The van der Waals surface area contributed by atoms with Crippen LogP contribution in [0.5, 0.6) is 0 Å². The van der Waals surface area contributed by atoms with E-state index in [0.29, 0.717) is 0 Å². The van der Waals surface area contributed by atoms with Crippen LogP contribution in [-0.4, -0.2) is 9.97 Å². The van der Waals surface area contributed by atoms with E-state index >= 15 is 0 Å². The number of nitrogens with zero attached hydrogens (tertiary/aromatic N) is 2. The molecule has 2 heteroatoms. The van der Waals surface area contributed by atoms with Gasteiger partial charge in [0.15, 0.2) is 0 Å². The summed E-state index contributed by atoms with van der Waals surface area (Å²) in [6.07, 6.45) is 1.97. The van der Waals surface area contributed by atoms with Crippen LogP contribution in [0.2, 0.25) is 0 Å². The van der Waals surface area contributed by atoms with Gasteiger partial charge in [0.05, 0.1) is 16.9 Å². The zero-order chi connectivity index (χ0) is 26.5. The van der Waals surface area contributed by atoms with Gasteiger partial charge in [-0.05, 0) is 39.2 Å². The van der Waals surface area contributed by atoms with E-state index < -0.39 is 0 Å². The first-order valence-electron chi connectivity index (χ1n) is 13.6. The summed E-state index contributed by atoms with van der Waals surface area (Å²) in [5.41, 5.74) is 7.50. The minimum atomic E-state index is 0.983. The van der Waals surface area contributed by atoms with Crippen LogP contribution in [0.15, 0.2) is 146 Å². The Morgan fingerprint density at radius 1 is 0.400 bits per heavy atom. The van der Waals surface area contributed by atoms with E-state index in [1.165, 1.54) is 37.7 Å². The Kier molecular flexibility index (Phi) is 5.17. The van der Waals surface area contributed by atoms with Crippen LogP contribution in [-0.2, 0) is 0 Å². The van der Waals surface area contributed by atoms with Crippen LogP contribution in [0, 0.1) is 0 Å². The average Bonchev–Trinajstić information content (AvgIpc) is 3.04. The lowest BCUT2D eigenvalue weighted by Crippen LogP contribution is -1.91. The summed E-state index contributed by atoms with van der Waals surface area (Å²) in [6, 6.07) is 49.3. The lowest BCUT2D eigenvalue weighted by atomic mass is 9.94. The number of benzene rings is 6. The van der Waals surface area contributed by atoms with Gasteiger partial charge in [-0.2, -0.15) is 0 Å². The van der Waals surface area contributed by atoms with E-state index in [2.05, 4.69) is 140 Å². The molecule has 0 unspecified atom stereocenters. The standard InChI is InChI=1S/C38H24N2/c1-3-11-30-26(8-1)10-7-14-32(30)35-23-21-29(24-39-35)25-16-18-28(19-17-25)38-34-22-20-27-9-2-4-12-31(27)37(34)33-13-5-6-15-36(33)40-38/h1-24H. The van der Waals surface area contributed by atoms with Crippen LogP contribution in [0.25, 0.3) is 76.9 Å². The van der Waals surface area contributed by atoms with Gasteiger partial charge in [-0.1, -0.05) is 127 Å². The van der Waals surface area contributed by atoms with Gasteiger partial charge < -0.3 is 0 Å². The molecule has 8 rings (SSSR count). The summed E-state index contributed by atoms with van der Waals surface area (Å²) in [4.78, 5) is 9.99. The van der Waals surface area contributed by atoms with Gasteiger partial charge in [-0.25, -0.2) is 4.98 Å². The summed E-state index contributed by atoms with van der Waals surface area (Å²) in [6.45, 7) is 0. The lowest BCUT2D eigenvalue weighted by molar-refractivity contribution is 1.33. The number of rotatable bonds is 3. The third kappa shape index (κ3) is 3.65. The number of hydrogen-bond donors (Lipinski definition) is 0. The van der Waals surface area contributed by atoms with Crippen molar-refractivity contribution in [3.05, 3.63) is 146 Å². The van der Waals surface area contributed by atoms with E-state index in [1.807, 2.05) is 6.20 Å². The molecule has 0 aliphatic heterocycles. The van der Waals surface area contributed by atoms with Crippen molar-refractivity contribution < 1.29 is 0 Å². The van der Waals surface area contributed by atoms with E-state index in [9.17, 15) is 0 Å². The molecule has 0 amide bonds. The summed E-state index contributed by atoms with van der Waals surface area (Å²) in [5, 5.41) is 8.57. The first kappa shape index (κ1) is 22.6. The maximum Gasteiger partial charge on any atom is 0.0788 e. The Morgan fingerprint density at radius 3 is 1.85 bits per heavy atom. The normalized spacial score (nSPS) is 11.5. The Hall–Kier alpha value is -5.34. The highest BCUT2D eigenvalue weighted by molar-refractivity contribution is 6.22. The SMILES string of the molecule is c1ccc2c(-c3ccc(-c4ccc(-c5nc6ccccc6c6c5ccc5ccccc56)cc4)cn3)cccc2c1. The molecule has 0 radical (unpaired) electrons. The van der Waals surface area contributed by atoms with Gasteiger partial charge in [0.25, 0.3) is 0 Å². The van der Waals surface area contributed by atoms with Crippen molar-refractivity contribution in [1.82, 2.24) is 9.97 Å². The molecule has 2 heterocycles. The maximum absolute atomic E-state index is 5.14. The molecule has 0 saturated heterocycles. The molecule has 40 heavy (non-hydrogen) atoms. The number of pyridine rings is 2. The van der Waals surface area contributed by atoms with Crippen LogP contribution < -0.4 is 0 Å². The second kappa shape index (κ2) is 9.14. The van der Waals surface area contributed by atoms with Gasteiger partial charge >= 0.3 is 0 Å². The highest BCUT2D eigenvalue weighted by atomic mass is 14.7. The Morgan fingerprint density at radius 2 is 1.05 bits per heavy atom. The largest absolute Gasteiger partial charge is 0.256 e. The van der Waals surface area contributed by atoms with Crippen LogP contribution in [0.1, 0.15) is 0 Å². The average molecular weight is 509 g/mol. The molecule has 0 spiro atoms. The second-order valence-electron chi connectivity index (χ2n) is 10.2. The van der Waals surface area contributed by atoms with Crippen molar-refractivity contribution in [2.24, 2.45) is 0 Å². The predicted octanol–water partition coefficient (Wildman–Crippen LogP) is 10.1. The van der Waals surface area contributed by atoms with E-state index in [1.54, 1.807) is 0 Å². The van der Waals surface area contributed by atoms with Crippen molar-refractivity contribution in [2.45, 2.75) is 0 Å². The molecule has 0 saturated carbocycles. The second-order valence-corrected chi connectivity index (χ2v) is 10.2. The van der Waals surface area contributed by atoms with Crippen molar-refractivity contribution in [2.75, 3.05) is 0 Å². The van der Waals surface area contributed by atoms with Gasteiger partial charge in [0.1, 0.15) is 0 Å². The molecule has 0 fully saturated rings. The highest BCUT2D eigenvalue weighted by Gasteiger charge is 2.13. The van der Waals surface area contributed by atoms with Crippen molar-refractivity contribution >= 4 is 43.2 Å². The molecular formula is C38H24N2. The van der Waals surface area contributed by atoms with Gasteiger partial charge in [-0.15, -0.1) is 0 Å². The molecule has 2 nitrogen and oxygen atoms in total. The molecule has 0 N–H and O–H groups in total. The topological polar surface area (TPSA) is 25.8 Å². The van der Waals surface area contributed by atoms with Crippen LogP contribution >= 0.6 is 0 Å². The molecular weight excluding hydrogens is 484 g/mol. The molecule has 8 aromatic rings. The number of para-hydroxylation sites is 1. The minimum absolute atomic E-state index is 0.983. The smallest absolute Gasteiger partial charge is 0.0788 e. The third-order valence-corrected chi connectivity index (χ3v) is 7.91. The van der Waals surface area contributed by atoms with Crippen molar-refractivity contribution in [3.63, 3.8) is 0 Å². The van der Waals surface area contributed by atoms with Crippen LogP contribution in [0.3, 0.4) is 0 Å². The van der Waals surface area contributed by atoms with E-state index in [-0.39, 0.29) is 0 Å². The van der Waals surface area contributed by atoms with Gasteiger partial charge in [-0.3, -0.25) is 4.98 Å². The fourth-order valence-corrected chi connectivity index (χ4v) is 5.94. The molecule has 0 bridgehead atoms. The third-order valence-electron chi connectivity index (χ3n) is 7.91. The molecule has 186 valence electrons. The molecule has 0 aliphatic rings. The summed E-state index contributed by atoms with van der Waals surface area (Å²) in [7, 11) is 0. The molecule has 0 atom stereocenters. The first-order chi connectivity index (χ1) is 19.8. The lowest BCUT2D eigenvalue weighted by Gasteiger charge is -2.13. The van der Waals surface area contributed by atoms with Crippen molar-refractivity contribution in [3.8, 4) is 33.6 Å². The Balaban J connectivity index is 1.20. The Labute approximate surface area is 232 Å².